The van der Waals surface area contributed by atoms with E-state index in [9.17, 15) is 9.59 Å². The number of rotatable bonds is 1. The lowest BCUT2D eigenvalue weighted by atomic mass is 10.1. The van der Waals surface area contributed by atoms with Crippen molar-refractivity contribution in [2.24, 2.45) is 5.92 Å². The van der Waals surface area contributed by atoms with Crippen LogP contribution < -0.4 is 10.5 Å². The van der Waals surface area contributed by atoms with Crippen molar-refractivity contribution in [1.29, 1.82) is 0 Å². The fraction of sp³-hybridized carbons (Fsp3) is 0.333. The predicted molar refractivity (Wildman–Crippen MR) is 99.5 cm³/mol. The second-order valence-electron chi connectivity index (χ2n) is 6.69. The highest BCUT2D eigenvalue weighted by Gasteiger charge is 2.35. The fourth-order valence-electron chi connectivity index (χ4n) is 3.67. The number of amides is 1. The maximum atomic E-state index is 13.2. The minimum atomic E-state index is -0.250. The number of carbonyl (C=O) groups excluding carboxylic acids is 1. The van der Waals surface area contributed by atoms with Gasteiger partial charge >= 0.3 is 0 Å². The van der Waals surface area contributed by atoms with Crippen LogP contribution >= 0.6 is 11.8 Å². The summed E-state index contributed by atoms with van der Waals surface area (Å²) in [6.45, 7) is 3.51. The summed E-state index contributed by atoms with van der Waals surface area (Å²) in [5.41, 5.74) is 2.50. The smallest absolute Gasteiger partial charge is 0.257 e. The molecule has 1 unspecified atom stereocenters. The van der Waals surface area contributed by atoms with Crippen molar-refractivity contribution in [3.05, 3.63) is 46.4 Å². The molecule has 0 saturated heterocycles. The number of aryl methyl sites for hydroxylation is 1. The van der Waals surface area contributed by atoms with Crippen LogP contribution in [0.2, 0.25) is 0 Å². The monoisotopic (exact) mass is 367 g/mol. The molecule has 2 aliphatic rings. The number of hydrogen-bond acceptors (Lipinski definition) is 5. The molecule has 2 aliphatic heterocycles. The van der Waals surface area contributed by atoms with Crippen LogP contribution in [0.5, 0.6) is 0 Å². The standard InChI is InChI=1S/C18H17N5O2S/c1-11-8-19-18-23(15(11)24)9-12(10-26-18)16(25)22-7-6-21-14-5-3-2-4-13(14)20-17(21)22/h2-5,8,12H,6-7,9-10H2,1H3. The molecule has 0 spiro atoms. The highest BCUT2D eigenvalue weighted by molar-refractivity contribution is 7.99. The van der Waals surface area contributed by atoms with Crippen molar-refractivity contribution in [2.45, 2.75) is 25.2 Å². The Morgan fingerprint density at radius 3 is 2.96 bits per heavy atom. The quantitative estimate of drug-likeness (QED) is 0.612. The molecule has 7 nitrogen and oxygen atoms in total. The van der Waals surface area contributed by atoms with Crippen LogP contribution in [0.3, 0.4) is 0 Å². The largest absolute Gasteiger partial charge is 0.308 e. The summed E-state index contributed by atoms with van der Waals surface area (Å²) in [5, 5.41) is 0.693. The van der Waals surface area contributed by atoms with Gasteiger partial charge in [0, 0.05) is 37.1 Å². The maximum absolute atomic E-state index is 13.2. The Hall–Kier alpha value is -2.61. The summed E-state index contributed by atoms with van der Waals surface area (Å²) in [4.78, 5) is 36.3. The molecule has 1 amide bonds. The zero-order valence-corrected chi connectivity index (χ0v) is 15.1. The number of para-hydroxylation sites is 2. The van der Waals surface area contributed by atoms with Gasteiger partial charge in [-0.2, -0.15) is 0 Å². The van der Waals surface area contributed by atoms with E-state index in [4.69, 9.17) is 0 Å². The first-order chi connectivity index (χ1) is 12.6. The molecule has 132 valence electrons. The van der Waals surface area contributed by atoms with E-state index >= 15 is 0 Å². The number of hydrogen-bond donors (Lipinski definition) is 0. The topological polar surface area (TPSA) is 73.0 Å². The average molecular weight is 367 g/mol. The Bertz CT molecular complexity index is 1100. The van der Waals surface area contributed by atoms with Gasteiger partial charge in [0.1, 0.15) is 0 Å². The third-order valence-electron chi connectivity index (χ3n) is 5.04. The van der Waals surface area contributed by atoms with Crippen molar-refractivity contribution in [3.63, 3.8) is 0 Å². The molecule has 0 aliphatic carbocycles. The molecule has 26 heavy (non-hydrogen) atoms. The van der Waals surface area contributed by atoms with Crippen molar-refractivity contribution in [2.75, 3.05) is 17.2 Å². The molecule has 5 rings (SSSR count). The van der Waals surface area contributed by atoms with Gasteiger partial charge in [-0.1, -0.05) is 23.9 Å². The number of carbonyl (C=O) groups is 1. The van der Waals surface area contributed by atoms with Crippen LogP contribution in [-0.4, -0.2) is 37.3 Å². The van der Waals surface area contributed by atoms with Crippen molar-refractivity contribution in [1.82, 2.24) is 19.1 Å². The van der Waals surface area contributed by atoms with E-state index in [1.165, 1.54) is 11.8 Å². The molecular formula is C18H17N5O2S. The lowest BCUT2D eigenvalue weighted by Gasteiger charge is -2.27. The molecule has 0 bridgehead atoms. The Labute approximate surface area is 153 Å². The molecule has 1 aromatic carbocycles. The van der Waals surface area contributed by atoms with E-state index in [-0.39, 0.29) is 17.4 Å². The molecular weight excluding hydrogens is 350 g/mol. The van der Waals surface area contributed by atoms with E-state index in [0.29, 0.717) is 35.5 Å². The average Bonchev–Trinajstić information content (AvgIpc) is 3.23. The maximum Gasteiger partial charge on any atom is 0.257 e. The molecule has 2 aromatic heterocycles. The van der Waals surface area contributed by atoms with Crippen LogP contribution in [0.4, 0.5) is 5.95 Å². The lowest BCUT2D eigenvalue weighted by Crippen LogP contribution is -2.42. The van der Waals surface area contributed by atoms with Crippen molar-refractivity contribution < 1.29 is 4.79 Å². The third-order valence-corrected chi connectivity index (χ3v) is 6.19. The molecule has 3 aromatic rings. The Morgan fingerprint density at radius 1 is 1.23 bits per heavy atom. The van der Waals surface area contributed by atoms with Gasteiger partial charge in [0.05, 0.1) is 17.0 Å². The van der Waals surface area contributed by atoms with Gasteiger partial charge in [0.15, 0.2) is 5.16 Å². The van der Waals surface area contributed by atoms with E-state index in [1.807, 2.05) is 24.3 Å². The van der Waals surface area contributed by atoms with Crippen LogP contribution in [0, 0.1) is 12.8 Å². The first-order valence-electron chi connectivity index (χ1n) is 8.59. The zero-order valence-electron chi connectivity index (χ0n) is 14.3. The number of benzene rings is 1. The number of imidazole rings is 1. The predicted octanol–water partition coefficient (Wildman–Crippen LogP) is 1.67. The van der Waals surface area contributed by atoms with Gasteiger partial charge in [0.25, 0.3) is 5.56 Å². The van der Waals surface area contributed by atoms with Crippen LogP contribution in [0.1, 0.15) is 5.56 Å². The number of aromatic nitrogens is 4. The van der Waals surface area contributed by atoms with Gasteiger partial charge in [0.2, 0.25) is 11.9 Å². The second kappa shape index (κ2) is 5.70. The van der Waals surface area contributed by atoms with Crippen molar-refractivity contribution >= 4 is 34.7 Å². The van der Waals surface area contributed by atoms with E-state index < -0.39 is 0 Å². The first kappa shape index (κ1) is 15.6. The van der Waals surface area contributed by atoms with Crippen LogP contribution in [0.25, 0.3) is 11.0 Å². The molecule has 4 heterocycles. The summed E-state index contributed by atoms with van der Waals surface area (Å²) in [6.07, 6.45) is 1.60. The summed E-state index contributed by atoms with van der Waals surface area (Å²) < 4.78 is 3.72. The molecule has 1 atom stereocenters. The van der Waals surface area contributed by atoms with Crippen molar-refractivity contribution in [3.8, 4) is 0 Å². The van der Waals surface area contributed by atoms with E-state index in [0.717, 1.165) is 17.6 Å². The minimum Gasteiger partial charge on any atom is -0.308 e. The molecule has 0 N–H and O–H groups in total. The van der Waals surface area contributed by atoms with Gasteiger partial charge in [-0.3, -0.25) is 19.1 Å². The number of nitrogens with zero attached hydrogens (tertiary/aromatic N) is 5. The Balaban J connectivity index is 1.47. The number of anilines is 1. The van der Waals surface area contributed by atoms with Gasteiger partial charge in [-0.25, -0.2) is 9.97 Å². The Kier molecular flexibility index (Phi) is 3.43. The van der Waals surface area contributed by atoms with Gasteiger partial charge in [-0.05, 0) is 19.1 Å². The normalized spacial score (nSPS) is 18.8. The highest BCUT2D eigenvalue weighted by atomic mass is 32.2. The molecule has 8 heteroatoms. The third kappa shape index (κ3) is 2.21. The van der Waals surface area contributed by atoms with Gasteiger partial charge < -0.3 is 4.57 Å². The Morgan fingerprint density at radius 2 is 2.08 bits per heavy atom. The van der Waals surface area contributed by atoms with Gasteiger partial charge in [-0.15, -0.1) is 0 Å². The summed E-state index contributed by atoms with van der Waals surface area (Å²) in [5.74, 6) is 1.12. The van der Waals surface area contributed by atoms with E-state index in [1.54, 1.807) is 22.6 Å². The minimum absolute atomic E-state index is 0.0330. The fourth-order valence-corrected chi connectivity index (χ4v) is 4.71. The SMILES string of the molecule is Cc1cnc2n(c1=O)CC(C(=O)N1CCn3c1nc1ccccc13)CS2. The number of fused-ring (bicyclic) bond motifs is 4. The van der Waals surface area contributed by atoms with Crippen LogP contribution in [-0.2, 0) is 17.9 Å². The molecule has 0 radical (unpaired) electrons. The number of thioether (sulfide) groups is 1. The molecule has 0 fully saturated rings. The highest BCUT2D eigenvalue weighted by Crippen LogP contribution is 2.31. The van der Waals surface area contributed by atoms with Crippen LogP contribution in [0.15, 0.2) is 40.4 Å². The lowest BCUT2D eigenvalue weighted by molar-refractivity contribution is -0.122. The first-order valence-corrected chi connectivity index (χ1v) is 9.58. The molecule has 0 saturated carbocycles. The van der Waals surface area contributed by atoms with E-state index in [2.05, 4.69) is 14.5 Å². The summed E-state index contributed by atoms with van der Waals surface area (Å²) in [6, 6.07) is 7.93. The summed E-state index contributed by atoms with van der Waals surface area (Å²) >= 11 is 1.47. The summed E-state index contributed by atoms with van der Waals surface area (Å²) in [7, 11) is 0. The zero-order chi connectivity index (χ0) is 17.8. The second-order valence-corrected chi connectivity index (χ2v) is 7.68.